The third-order valence-corrected chi connectivity index (χ3v) is 3.20. The maximum atomic E-state index is 12.0. The number of anilines is 1. The van der Waals surface area contributed by atoms with Gasteiger partial charge in [0.15, 0.2) is 0 Å². The Hall–Kier alpha value is -2.86. The number of nitro benzene ring substituents is 1. The van der Waals surface area contributed by atoms with Gasteiger partial charge in [-0.2, -0.15) is 0 Å². The van der Waals surface area contributed by atoms with E-state index in [1.54, 1.807) is 30.3 Å². The van der Waals surface area contributed by atoms with Crippen LogP contribution in [0.1, 0.15) is 5.56 Å². The van der Waals surface area contributed by atoms with Crippen LogP contribution in [0.3, 0.4) is 0 Å². The number of non-ortho nitro benzene ring substituents is 1. The van der Waals surface area contributed by atoms with E-state index in [0.29, 0.717) is 10.8 Å². The Morgan fingerprint density at radius 3 is 2.57 bits per heavy atom. The number of ether oxygens (including phenoxy) is 1. The van der Waals surface area contributed by atoms with Gasteiger partial charge >= 0.3 is 0 Å². The summed E-state index contributed by atoms with van der Waals surface area (Å²) in [7, 11) is 1.42. The number of carbonyl (C=O) groups excluding carboxylic acids is 1. The predicted molar refractivity (Wildman–Crippen MR) is 88.8 cm³/mol. The molecule has 0 aliphatic carbocycles. The topological polar surface area (TPSA) is 81.5 Å². The maximum Gasteiger partial charge on any atom is 0.271 e. The third-order valence-electron chi connectivity index (χ3n) is 2.95. The molecule has 0 aliphatic rings. The lowest BCUT2D eigenvalue weighted by Crippen LogP contribution is -2.09. The van der Waals surface area contributed by atoms with Gasteiger partial charge in [-0.3, -0.25) is 14.9 Å². The first-order valence-corrected chi connectivity index (χ1v) is 6.94. The van der Waals surface area contributed by atoms with Crippen LogP contribution in [0.5, 0.6) is 5.75 Å². The Morgan fingerprint density at radius 1 is 1.26 bits per heavy atom. The Morgan fingerprint density at radius 2 is 1.96 bits per heavy atom. The fourth-order valence-electron chi connectivity index (χ4n) is 1.83. The number of amides is 1. The van der Waals surface area contributed by atoms with E-state index in [0.717, 1.165) is 5.56 Å². The van der Waals surface area contributed by atoms with Crippen molar-refractivity contribution in [3.63, 3.8) is 0 Å². The SMILES string of the molecule is COc1ccc([N+](=O)[O-])cc1NC(=O)/C=C/c1ccc(Cl)cc1. The summed E-state index contributed by atoms with van der Waals surface area (Å²) in [6.07, 6.45) is 2.93. The summed E-state index contributed by atoms with van der Waals surface area (Å²) in [6.45, 7) is 0. The molecule has 23 heavy (non-hydrogen) atoms. The van der Waals surface area contributed by atoms with Crippen molar-refractivity contribution >= 4 is 35.0 Å². The van der Waals surface area contributed by atoms with Crippen molar-refractivity contribution in [1.82, 2.24) is 0 Å². The Balaban J connectivity index is 2.14. The molecular weight excluding hydrogens is 320 g/mol. The number of carbonyl (C=O) groups is 1. The highest BCUT2D eigenvalue weighted by molar-refractivity contribution is 6.30. The molecule has 0 aromatic heterocycles. The van der Waals surface area contributed by atoms with Gasteiger partial charge in [0.05, 0.1) is 17.7 Å². The molecule has 0 saturated heterocycles. The molecule has 2 aromatic carbocycles. The van der Waals surface area contributed by atoms with Crippen molar-refractivity contribution in [3.8, 4) is 5.75 Å². The Labute approximate surface area is 137 Å². The molecule has 2 aromatic rings. The lowest BCUT2D eigenvalue weighted by Gasteiger charge is -2.08. The number of nitro groups is 1. The fourth-order valence-corrected chi connectivity index (χ4v) is 1.95. The maximum absolute atomic E-state index is 12.0. The van der Waals surface area contributed by atoms with E-state index in [9.17, 15) is 14.9 Å². The number of rotatable bonds is 5. The second kappa shape index (κ2) is 7.42. The van der Waals surface area contributed by atoms with Crippen LogP contribution in [0.4, 0.5) is 11.4 Å². The van der Waals surface area contributed by atoms with Crippen LogP contribution in [0.15, 0.2) is 48.5 Å². The van der Waals surface area contributed by atoms with Gasteiger partial charge in [-0.05, 0) is 29.8 Å². The average Bonchev–Trinajstić information content (AvgIpc) is 2.54. The smallest absolute Gasteiger partial charge is 0.271 e. The van der Waals surface area contributed by atoms with Gasteiger partial charge in [0, 0.05) is 23.2 Å². The Bertz CT molecular complexity index is 757. The highest BCUT2D eigenvalue weighted by Crippen LogP contribution is 2.28. The molecule has 1 N–H and O–H groups in total. The van der Waals surface area contributed by atoms with Crippen molar-refractivity contribution in [2.45, 2.75) is 0 Å². The van der Waals surface area contributed by atoms with Gasteiger partial charge in [-0.1, -0.05) is 23.7 Å². The number of hydrogen-bond acceptors (Lipinski definition) is 4. The quantitative estimate of drug-likeness (QED) is 0.511. The number of hydrogen-bond donors (Lipinski definition) is 1. The molecule has 6 nitrogen and oxygen atoms in total. The second-order valence-electron chi connectivity index (χ2n) is 4.52. The van der Waals surface area contributed by atoms with E-state index >= 15 is 0 Å². The van der Waals surface area contributed by atoms with Crippen molar-refractivity contribution < 1.29 is 14.5 Å². The molecule has 0 spiro atoms. The fraction of sp³-hybridized carbons (Fsp3) is 0.0625. The third kappa shape index (κ3) is 4.55. The van der Waals surface area contributed by atoms with Gasteiger partial charge in [0.1, 0.15) is 5.75 Å². The molecular formula is C16H13ClN2O4. The van der Waals surface area contributed by atoms with E-state index in [-0.39, 0.29) is 11.4 Å². The van der Waals surface area contributed by atoms with Gasteiger partial charge in [-0.25, -0.2) is 0 Å². The standard InChI is InChI=1S/C16H13ClN2O4/c1-23-15-8-7-13(19(21)22)10-14(15)18-16(20)9-4-11-2-5-12(17)6-3-11/h2-10H,1H3,(H,18,20)/b9-4+. The largest absolute Gasteiger partial charge is 0.495 e. The number of benzene rings is 2. The summed E-state index contributed by atoms with van der Waals surface area (Å²) in [5.41, 5.74) is 0.894. The molecule has 0 saturated carbocycles. The van der Waals surface area contributed by atoms with Gasteiger partial charge in [0.2, 0.25) is 5.91 Å². The first kappa shape index (κ1) is 16.5. The lowest BCUT2D eigenvalue weighted by molar-refractivity contribution is -0.384. The van der Waals surface area contributed by atoms with Crippen LogP contribution in [0.25, 0.3) is 6.08 Å². The van der Waals surface area contributed by atoms with Crippen LogP contribution in [0.2, 0.25) is 5.02 Å². The number of halogens is 1. The van der Waals surface area contributed by atoms with E-state index in [4.69, 9.17) is 16.3 Å². The van der Waals surface area contributed by atoms with Crippen molar-refractivity contribution in [2.24, 2.45) is 0 Å². The minimum atomic E-state index is -0.543. The first-order chi connectivity index (χ1) is 11.0. The normalized spacial score (nSPS) is 10.5. The number of nitrogens with one attached hydrogen (secondary N) is 1. The zero-order chi connectivity index (χ0) is 16.8. The molecule has 0 aliphatic heterocycles. The number of methoxy groups -OCH3 is 1. The summed E-state index contributed by atoms with van der Waals surface area (Å²) < 4.78 is 5.08. The van der Waals surface area contributed by atoms with E-state index in [1.165, 1.54) is 31.4 Å². The van der Waals surface area contributed by atoms with Crippen LogP contribution in [-0.2, 0) is 4.79 Å². The molecule has 0 heterocycles. The molecule has 0 radical (unpaired) electrons. The monoisotopic (exact) mass is 332 g/mol. The van der Waals surface area contributed by atoms with Crippen LogP contribution < -0.4 is 10.1 Å². The molecule has 0 fully saturated rings. The molecule has 1 amide bonds. The number of nitrogens with zero attached hydrogens (tertiary/aromatic N) is 1. The lowest BCUT2D eigenvalue weighted by atomic mass is 10.2. The second-order valence-corrected chi connectivity index (χ2v) is 4.95. The minimum absolute atomic E-state index is 0.136. The van der Waals surface area contributed by atoms with Crippen LogP contribution in [0, 0.1) is 10.1 Å². The van der Waals surface area contributed by atoms with Crippen molar-refractivity contribution in [3.05, 3.63) is 69.2 Å². The van der Waals surface area contributed by atoms with Gasteiger partial charge < -0.3 is 10.1 Å². The van der Waals surface area contributed by atoms with Gasteiger partial charge in [-0.15, -0.1) is 0 Å². The Kier molecular flexibility index (Phi) is 5.32. The van der Waals surface area contributed by atoms with Crippen molar-refractivity contribution in [2.75, 3.05) is 12.4 Å². The molecule has 7 heteroatoms. The minimum Gasteiger partial charge on any atom is -0.495 e. The molecule has 0 unspecified atom stereocenters. The van der Waals surface area contributed by atoms with Crippen LogP contribution in [-0.4, -0.2) is 17.9 Å². The summed E-state index contributed by atoms with van der Waals surface area (Å²) in [4.78, 5) is 22.2. The summed E-state index contributed by atoms with van der Waals surface area (Å²) >= 11 is 5.78. The molecule has 0 atom stereocenters. The highest BCUT2D eigenvalue weighted by Gasteiger charge is 2.12. The predicted octanol–water partition coefficient (Wildman–Crippen LogP) is 3.91. The molecule has 0 bridgehead atoms. The van der Waals surface area contributed by atoms with E-state index in [2.05, 4.69) is 5.32 Å². The average molecular weight is 333 g/mol. The molecule has 2 rings (SSSR count). The van der Waals surface area contributed by atoms with Gasteiger partial charge in [0.25, 0.3) is 5.69 Å². The zero-order valence-corrected chi connectivity index (χ0v) is 12.9. The van der Waals surface area contributed by atoms with E-state index in [1.807, 2.05) is 0 Å². The summed E-state index contributed by atoms with van der Waals surface area (Å²) in [5, 5.41) is 14.0. The van der Waals surface area contributed by atoms with E-state index < -0.39 is 10.8 Å². The van der Waals surface area contributed by atoms with Crippen LogP contribution >= 0.6 is 11.6 Å². The highest BCUT2D eigenvalue weighted by atomic mass is 35.5. The van der Waals surface area contributed by atoms with Crippen molar-refractivity contribution in [1.29, 1.82) is 0 Å². The molecule has 118 valence electrons. The summed E-state index contributed by atoms with van der Waals surface area (Å²) in [5.74, 6) is -0.0948. The zero-order valence-electron chi connectivity index (χ0n) is 12.2. The first-order valence-electron chi connectivity index (χ1n) is 6.56. The summed E-state index contributed by atoms with van der Waals surface area (Å²) in [6, 6.07) is 10.9.